The molecular weight excluding hydrogens is 1380 g/mol. The summed E-state index contributed by atoms with van der Waals surface area (Å²) in [5, 5.41) is 30.9. The molecule has 2 fully saturated rings. The molecular formula is C62H69N17O15S5. The maximum atomic E-state index is 13.9. The third kappa shape index (κ3) is 17.9. The first-order valence-corrected chi connectivity index (χ1v) is 36.2. The second kappa shape index (κ2) is 32.5. The number of hydrogen-bond acceptors (Lipinski definition) is 31. The number of thiazole rings is 2. The monoisotopic (exact) mass is 1450 g/mol. The molecule has 37 heteroatoms. The maximum Gasteiger partial charge on any atom is 0.296 e. The fraction of sp³-hybridized carbons (Fsp3) is 0.339. The van der Waals surface area contributed by atoms with Gasteiger partial charge in [-0.15, -0.1) is 20.5 Å². The van der Waals surface area contributed by atoms with Gasteiger partial charge in [-0.25, -0.2) is 0 Å². The summed E-state index contributed by atoms with van der Waals surface area (Å²) in [4.78, 5) is 86.0. The summed E-state index contributed by atoms with van der Waals surface area (Å²) in [5.74, 6) is -1.01. The van der Waals surface area contributed by atoms with Crippen LogP contribution in [0.5, 0.6) is 11.5 Å². The molecule has 0 radical (unpaired) electrons. The molecule has 10 rings (SSSR count). The van der Waals surface area contributed by atoms with Gasteiger partial charge in [0, 0.05) is 63.7 Å². The molecule has 522 valence electrons. The fourth-order valence-electron chi connectivity index (χ4n) is 10.3. The van der Waals surface area contributed by atoms with Gasteiger partial charge in [0.2, 0.25) is 22.2 Å². The topological polar surface area (TPSA) is 398 Å². The van der Waals surface area contributed by atoms with Gasteiger partial charge in [-0.05, 0) is 83.2 Å². The van der Waals surface area contributed by atoms with Crippen molar-refractivity contribution in [1.82, 2.24) is 24.9 Å². The summed E-state index contributed by atoms with van der Waals surface area (Å²) in [7, 11) is -6.47. The van der Waals surface area contributed by atoms with Crippen LogP contribution in [-0.2, 0) is 53.6 Å². The Morgan fingerprint density at radius 1 is 0.646 bits per heavy atom. The highest BCUT2D eigenvalue weighted by atomic mass is 32.2. The minimum Gasteiger partial charge on any atom is -0.494 e. The van der Waals surface area contributed by atoms with Gasteiger partial charge in [0.05, 0.1) is 102 Å². The number of amides is 2. The van der Waals surface area contributed by atoms with Crippen molar-refractivity contribution in [2.45, 2.75) is 49.6 Å². The summed E-state index contributed by atoms with van der Waals surface area (Å²) in [6.07, 6.45) is 2.69. The number of morpholine rings is 2. The van der Waals surface area contributed by atoms with Crippen molar-refractivity contribution in [2.24, 2.45) is 20.5 Å². The highest BCUT2D eigenvalue weighted by molar-refractivity contribution is 7.99. The number of nitrogens with one attached hydrogen (secondary N) is 4. The summed E-state index contributed by atoms with van der Waals surface area (Å²) >= 11 is 3.36. The second-order valence-electron chi connectivity index (χ2n) is 21.6. The van der Waals surface area contributed by atoms with Crippen molar-refractivity contribution in [3.8, 4) is 11.5 Å². The van der Waals surface area contributed by atoms with E-state index < -0.39 is 53.4 Å². The Kier molecular flexibility index (Phi) is 23.7. The molecule has 0 atom stereocenters. The summed E-state index contributed by atoms with van der Waals surface area (Å²) < 4.78 is 98.1. The lowest BCUT2D eigenvalue weighted by Gasteiger charge is -2.27. The van der Waals surface area contributed by atoms with E-state index in [-0.39, 0.29) is 62.8 Å². The van der Waals surface area contributed by atoms with Gasteiger partial charge in [0.25, 0.3) is 32.1 Å². The van der Waals surface area contributed by atoms with Crippen molar-refractivity contribution in [1.29, 1.82) is 0 Å². The number of nitrogens with zero attached hydrogens (tertiary/aromatic N) is 13. The van der Waals surface area contributed by atoms with E-state index >= 15 is 0 Å². The average Bonchev–Trinajstić information content (AvgIpc) is 1.84. The van der Waals surface area contributed by atoms with Gasteiger partial charge >= 0.3 is 0 Å². The van der Waals surface area contributed by atoms with E-state index in [1.165, 1.54) is 88.4 Å². The molecule has 4 bridgehead atoms. The maximum absolute atomic E-state index is 13.9. The molecule has 32 nitrogen and oxygen atoms in total. The number of ketones is 2. The van der Waals surface area contributed by atoms with Crippen LogP contribution in [0.15, 0.2) is 119 Å². The van der Waals surface area contributed by atoms with E-state index in [1.54, 1.807) is 18.2 Å². The molecule has 0 saturated carbocycles. The molecule has 6 N–H and O–H groups in total. The number of benzene rings is 4. The van der Waals surface area contributed by atoms with Crippen LogP contribution in [0.4, 0.5) is 79.3 Å². The van der Waals surface area contributed by atoms with Crippen LogP contribution in [0.2, 0.25) is 0 Å². The molecule has 4 aromatic carbocycles. The van der Waals surface area contributed by atoms with Crippen molar-refractivity contribution < 1.29 is 68.8 Å². The minimum atomic E-state index is -4.76. The number of anilines is 10. The number of rotatable bonds is 24. The molecule has 0 aliphatic carbocycles. The number of carbonyl (C=O) groups excluding carboxylic acids is 4. The third-order valence-corrected chi connectivity index (χ3v) is 19.6. The molecule has 6 heterocycles. The van der Waals surface area contributed by atoms with E-state index in [1.807, 2.05) is 41.5 Å². The highest BCUT2D eigenvalue weighted by Crippen LogP contribution is 2.45. The van der Waals surface area contributed by atoms with E-state index in [0.717, 1.165) is 34.8 Å². The number of para-hydroxylation sites is 2. The number of hydrogen-bond donors (Lipinski definition) is 6. The molecule has 3 aliphatic rings. The normalized spacial score (nSPS) is 15.0. The largest absolute Gasteiger partial charge is 0.494 e. The predicted octanol–water partition coefficient (Wildman–Crippen LogP) is 10.3. The Hall–Kier alpha value is -9.44. The molecule has 0 spiro atoms. The lowest BCUT2D eigenvalue weighted by Crippen LogP contribution is -2.36. The lowest BCUT2D eigenvalue weighted by molar-refractivity contribution is -0.120. The van der Waals surface area contributed by atoms with Crippen molar-refractivity contribution in [3.05, 3.63) is 93.7 Å². The molecule has 2 saturated heterocycles. The zero-order valence-electron chi connectivity index (χ0n) is 54.5. The number of aromatic nitrogens is 5. The van der Waals surface area contributed by atoms with Gasteiger partial charge < -0.3 is 64.6 Å². The molecule has 0 unspecified atom stereocenters. The van der Waals surface area contributed by atoms with E-state index in [0.29, 0.717) is 145 Å². The van der Waals surface area contributed by atoms with Gasteiger partial charge in [-0.1, -0.05) is 58.7 Å². The number of ether oxygens (including phenoxy) is 5. The summed E-state index contributed by atoms with van der Waals surface area (Å²) in [6.45, 7) is 13.6. The third-order valence-electron chi connectivity index (χ3n) is 15.2. The van der Waals surface area contributed by atoms with E-state index in [2.05, 4.69) is 36.4 Å². The Labute approximate surface area is 581 Å². The summed E-state index contributed by atoms with van der Waals surface area (Å²) in [5.41, 5.74) is 1.34. The van der Waals surface area contributed by atoms with Crippen LogP contribution in [0.3, 0.4) is 0 Å². The zero-order valence-corrected chi connectivity index (χ0v) is 58.6. The molecule has 3 aromatic heterocycles. The quantitative estimate of drug-likeness (QED) is 0.0108. The van der Waals surface area contributed by atoms with Crippen molar-refractivity contribution in [2.75, 3.05) is 146 Å². The zero-order chi connectivity index (χ0) is 70.5. The van der Waals surface area contributed by atoms with Crippen molar-refractivity contribution >= 4 is 169 Å². The van der Waals surface area contributed by atoms with Crippen LogP contribution in [0, 0.1) is 0 Å². The number of methoxy groups -OCH3 is 2. The number of carbonyl (C=O) groups is 4. The molecule has 2 amide bonds. The summed E-state index contributed by atoms with van der Waals surface area (Å²) in [6, 6.07) is 17.4. The van der Waals surface area contributed by atoms with Gasteiger partial charge in [0.1, 0.15) is 51.0 Å². The Balaban J connectivity index is 1.03. The first kappa shape index (κ1) is 72.3. The van der Waals surface area contributed by atoms with Crippen LogP contribution < -0.4 is 50.3 Å². The number of thioether (sulfide) groups is 1. The van der Waals surface area contributed by atoms with Crippen LogP contribution in [0.25, 0.3) is 12.2 Å². The standard InChI is InChI=1S/C62H69N17O15S5/c1-8-76(9-2)46-31-42(44(33-48(46)90-6)72-74-61-67-54(78-19-23-92-24-20-78)50(96-61)29-38(36(4)80)56(82)63-40-15-11-13-17-52(40)98(84,85)86)65-58-69-59-66-43-32-47(77(10-3)35-94-27-28-95-60(70-58)71-59)49(91-7)34-45(43)73-75-62-68-55(79-21-25-93-26-22-79)51(97-62)30-39(37(5)81)57(83)64-41-16-12-14-18-53(41)99(87,88)89/h11-18,29-34H,8-10,19-28,35H2,1-7H3,(H,63,82)(H,64,83)(H,84,85,86)(H,87,88,89)(H2,65,66,69,70,71)/b38-29-,39-30+,74-72?,75-73?. The Morgan fingerprint density at radius 2 is 1.16 bits per heavy atom. The van der Waals surface area contributed by atoms with Crippen LogP contribution in [0.1, 0.15) is 44.4 Å². The highest BCUT2D eigenvalue weighted by Gasteiger charge is 2.29. The first-order valence-electron chi connectivity index (χ1n) is 30.7. The molecule has 7 aromatic rings. The van der Waals surface area contributed by atoms with Gasteiger partial charge in [0.15, 0.2) is 16.7 Å². The number of fused-ring (bicyclic) bond motifs is 4. The molecule has 99 heavy (non-hydrogen) atoms. The van der Waals surface area contributed by atoms with Crippen LogP contribution >= 0.6 is 34.4 Å². The number of azo groups is 2. The lowest BCUT2D eigenvalue weighted by atomic mass is 10.1. The van der Waals surface area contributed by atoms with Gasteiger partial charge in [-0.2, -0.15) is 41.8 Å². The SMILES string of the molecule is CCN(CC)c1cc(Nc2nc3nc(n2)SCCOCN(CC)c2cc(c(N=Nc4nc(N5CCOCC5)c(/C=C(\C(C)=O)C(=O)Nc5ccccc5S(=O)(=O)O)s4)cc2OC)N3)c(N=Nc2nc(N3CCOCC3)c(/C=C(/C(C)=O)C(=O)Nc3ccccc3S(=O)(=O)O)s2)cc1OC. The second-order valence-corrected chi connectivity index (χ2v) is 27.4. The van der Waals surface area contributed by atoms with E-state index in [4.69, 9.17) is 58.8 Å². The van der Waals surface area contributed by atoms with Crippen molar-refractivity contribution in [3.63, 3.8) is 0 Å². The Morgan fingerprint density at radius 3 is 1.66 bits per heavy atom. The Bertz CT molecular complexity index is 4550. The minimum absolute atomic E-state index is 0.0655. The number of Topliss-reactive ketones (excluding diaryl/α,β-unsaturated/α-hetero) is 2. The van der Waals surface area contributed by atoms with Crippen LogP contribution in [-0.4, -0.2) is 180 Å². The predicted molar refractivity (Wildman–Crippen MR) is 376 cm³/mol. The molecule has 3 aliphatic heterocycles. The average molecular weight is 1450 g/mol. The first-order chi connectivity index (χ1) is 47.5. The fourth-order valence-corrected chi connectivity index (χ4v) is 14.0. The van der Waals surface area contributed by atoms with Gasteiger partial charge in [-0.3, -0.25) is 28.3 Å². The van der Waals surface area contributed by atoms with E-state index in [9.17, 15) is 45.1 Å². The smallest absolute Gasteiger partial charge is 0.296 e.